The number of fused-ring (bicyclic) bond motifs is 1. The Kier molecular flexibility index (Phi) is 9.18. The molecule has 0 fully saturated rings. The number of benzene rings is 1. The van der Waals surface area contributed by atoms with Gasteiger partial charge >= 0.3 is 0 Å². The second-order valence-corrected chi connectivity index (χ2v) is 6.80. The highest BCUT2D eigenvalue weighted by Crippen LogP contribution is 2.34. The van der Waals surface area contributed by atoms with E-state index in [4.69, 9.17) is 32.9 Å². The number of methoxy groups -OCH3 is 1. The molecule has 0 radical (unpaired) electrons. The van der Waals surface area contributed by atoms with Gasteiger partial charge in [0.2, 0.25) is 0 Å². The van der Waals surface area contributed by atoms with E-state index < -0.39 is 0 Å². The van der Waals surface area contributed by atoms with Gasteiger partial charge in [0.15, 0.2) is 0 Å². The molecule has 1 aliphatic rings. The summed E-state index contributed by atoms with van der Waals surface area (Å²) in [6, 6.07) is 6.22. The zero-order chi connectivity index (χ0) is 17.1. The number of aromatic nitrogens is 1. The van der Waals surface area contributed by atoms with E-state index in [2.05, 4.69) is 24.0 Å². The summed E-state index contributed by atoms with van der Waals surface area (Å²) in [7, 11) is 1.70. The Morgan fingerprint density at radius 1 is 1.15 bits per heavy atom. The van der Waals surface area contributed by atoms with Crippen LogP contribution in [0.4, 0.5) is 0 Å². The average Bonchev–Trinajstić information content (AvgIpc) is 2.59. The zero-order valence-corrected chi connectivity index (χ0v) is 17.8. The molecule has 0 spiro atoms. The maximum absolute atomic E-state index is 6.28. The molecule has 142 valence electrons. The standard InChI is InChI=1S/C19H20Cl2N2O.2ClH/c1-3-4-12-9-23-19(8-16-17(20)10-22-11-18(16)21)14-6-5-13(24-2)7-15(12)14;;/h5-7,10-12H,3-4,8-9H2,1-2H3;2*1H. The van der Waals surface area contributed by atoms with Gasteiger partial charge in [-0.15, -0.1) is 24.8 Å². The van der Waals surface area contributed by atoms with Crippen LogP contribution in [0.25, 0.3) is 0 Å². The van der Waals surface area contributed by atoms with Crippen molar-refractivity contribution in [3.63, 3.8) is 0 Å². The Labute approximate surface area is 177 Å². The smallest absolute Gasteiger partial charge is 0.119 e. The quantitative estimate of drug-likeness (QED) is 0.562. The molecule has 2 heterocycles. The molecule has 2 aromatic rings. The van der Waals surface area contributed by atoms with Gasteiger partial charge in [-0.05, 0) is 41.3 Å². The van der Waals surface area contributed by atoms with Crippen LogP contribution in [0.3, 0.4) is 0 Å². The van der Waals surface area contributed by atoms with Gasteiger partial charge in [0.1, 0.15) is 5.75 Å². The minimum atomic E-state index is 0. The van der Waals surface area contributed by atoms with Crippen LogP contribution in [0.15, 0.2) is 35.6 Å². The van der Waals surface area contributed by atoms with Crippen LogP contribution in [-0.2, 0) is 6.42 Å². The zero-order valence-electron chi connectivity index (χ0n) is 14.7. The first kappa shape index (κ1) is 23.0. The molecule has 0 aliphatic carbocycles. The third kappa shape index (κ3) is 4.83. The van der Waals surface area contributed by atoms with Gasteiger partial charge in [-0.2, -0.15) is 0 Å². The first-order valence-electron chi connectivity index (χ1n) is 8.13. The van der Waals surface area contributed by atoms with Crippen molar-refractivity contribution in [2.24, 2.45) is 4.99 Å². The van der Waals surface area contributed by atoms with Gasteiger partial charge in [0.05, 0.1) is 17.2 Å². The van der Waals surface area contributed by atoms with Crippen molar-refractivity contribution in [3.8, 4) is 5.75 Å². The van der Waals surface area contributed by atoms with Crippen LogP contribution in [0, 0.1) is 0 Å². The van der Waals surface area contributed by atoms with Crippen molar-refractivity contribution in [1.82, 2.24) is 4.98 Å². The summed E-state index contributed by atoms with van der Waals surface area (Å²) >= 11 is 12.6. The van der Waals surface area contributed by atoms with Crippen LogP contribution in [0.2, 0.25) is 10.0 Å². The first-order chi connectivity index (χ1) is 11.6. The number of nitrogens with zero attached hydrogens (tertiary/aromatic N) is 2. The second-order valence-electron chi connectivity index (χ2n) is 5.98. The van der Waals surface area contributed by atoms with E-state index in [0.29, 0.717) is 22.4 Å². The van der Waals surface area contributed by atoms with E-state index in [9.17, 15) is 0 Å². The topological polar surface area (TPSA) is 34.5 Å². The van der Waals surface area contributed by atoms with Crippen molar-refractivity contribution in [2.75, 3.05) is 13.7 Å². The number of pyridine rings is 1. The molecule has 0 saturated heterocycles. The second kappa shape index (κ2) is 10.4. The van der Waals surface area contributed by atoms with Crippen molar-refractivity contribution in [3.05, 3.63) is 57.3 Å². The highest BCUT2D eigenvalue weighted by molar-refractivity contribution is 6.36. The highest BCUT2D eigenvalue weighted by atomic mass is 35.5. The summed E-state index contributed by atoms with van der Waals surface area (Å²) in [5.41, 5.74) is 4.38. The Hall–Kier alpha value is -1.00. The van der Waals surface area contributed by atoms with Gasteiger partial charge in [0, 0.05) is 37.0 Å². The Bertz CT molecular complexity index is 760. The lowest BCUT2D eigenvalue weighted by molar-refractivity contribution is 0.413. The van der Waals surface area contributed by atoms with Crippen LogP contribution in [0.1, 0.15) is 42.4 Å². The Morgan fingerprint density at radius 2 is 1.85 bits per heavy atom. The fraction of sp³-hybridized carbons (Fsp3) is 0.368. The number of ether oxygens (including phenoxy) is 1. The molecular formula is C19H22Cl4N2O. The number of rotatable bonds is 5. The minimum Gasteiger partial charge on any atom is -0.497 e. The van der Waals surface area contributed by atoms with Gasteiger partial charge in [-0.3, -0.25) is 9.98 Å². The Balaban J connectivity index is 0.00000169. The van der Waals surface area contributed by atoms with Crippen LogP contribution in [0.5, 0.6) is 5.75 Å². The summed E-state index contributed by atoms with van der Waals surface area (Å²) < 4.78 is 5.41. The fourth-order valence-electron chi connectivity index (χ4n) is 3.19. The summed E-state index contributed by atoms with van der Waals surface area (Å²) in [5.74, 6) is 1.32. The van der Waals surface area contributed by atoms with Crippen LogP contribution < -0.4 is 4.74 Å². The van der Waals surface area contributed by atoms with Crippen molar-refractivity contribution < 1.29 is 4.74 Å². The van der Waals surface area contributed by atoms with Crippen LogP contribution in [-0.4, -0.2) is 24.4 Å². The summed E-state index contributed by atoms with van der Waals surface area (Å²) in [5, 5.41) is 1.16. The lowest BCUT2D eigenvalue weighted by Gasteiger charge is -2.25. The molecule has 0 saturated carbocycles. The molecule has 3 nitrogen and oxygen atoms in total. The number of hydrogen-bond donors (Lipinski definition) is 0. The fourth-order valence-corrected chi connectivity index (χ4v) is 3.69. The molecule has 0 amide bonds. The van der Waals surface area contributed by atoms with Crippen LogP contribution >= 0.6 is 48.0 Å². The molecule has 1 aromatic carbocycles. The molecule has 26 heavy (non-hydrogen) atoms. The third-order valence-electron chi connectivity index (χ3n) is 4.45. The lowest BCUT2D eigenvalue weighted by atomic mass is 9.85. The molecule has 3 rings (SSSR count). The number of aliphatic imine (C=N–C) groups is 1. The van der Waals surface area contributed by atoms with E-state index >= 15 is 0 Å². The Morgan fingerprint density at radius 3 is 2.46 bits per heavy atom. The minimum absolute atomic E-state index is 0. The van der Waals surface area contributed by atoms with Crippen molar-refractivity contribution in [1.29, 1.82) is 0 Å². The maximum atomic E-state index is 6.28. The van der Waals surface area contributed by atoms with E-state index in [1.807, 2.05) is 6.07 Å². The van der Waals surface area contributed by atoms with Gasteiger partial charge in [0.25, 0.3) is 0 Å². The summed E-state index contributed by atoms with van der Waals surface area (Å²) in [6.07, 6.45) is 6.11. The maximum Gasteiger partial charge on any atom is 0.119 e. The van der Waals surface area contributed by atoms with Gasteiger partial charge < -0.3 is 4.74 Å². The molecule has 0 bridgehead atoms. The van der Waals surface area contributed by atoms with E-state index in [1.54, 1.807) is 19.5 Å². The van der Waals surface area contributed by atoms with Crippen molar-refractivity contribution in [2.45, 2.75) is 32.1 Å². The SMILES string of the molecule is CCCC1CN=C(Cc2c(Cl)cncc2Cl)c2ccc(OC)cc21.Cl.Cl. The normalized spacial score (nSPS) is 15.2. The summed E-state index contributed by atoms with van der Waals surface area (Å²) in [6.45, 7) is 3.00. The highest BCUT2D eigenvalue weighted by Gasteiger charge is 2.24. The molecule has 0 N–H and O–H groups in total. The third-order valence-corrected chi connectivity index (χ3v) is 5.10. The predicted octanol–water partition coefficient (Wildman–Crippen LogP) is 6.17. The van der Waals surface area contributed by atoms with E-state index in [1.165, 1.54) is 11.1 Å². The van der Waals surface area contributed by atoms with E-state index in [-0.39, 0.29) is 24.8 Å². The largest absolute Gasteiger partial charge is 0.497 e. The first-order valence-corrected chi connectivity index (χ1v) is 8.89. The molecule has 1 aromatic heterocycles. The van der Waals surface area contributed by atoms with E-state index in [0.717, 1.165) is 36.4 Å². The average molecular weight is 436 g/mol. The monoisotopic (exact) mass is 434 g/mol. The summed E-state index contributed by atoms with van der Waals surface area (Å²) in [4.78, 5) is 8.86. The predicted molar refractivity (Wildman–Crippen MR) is 115 cm³/mol. The molecular weight excluding hydrogens is 414 g/mol. The van der Waals surface area contributed by atoms with Crippen molar-refractivity contribution >= 4 is 53.7 Å². The number of halogens is 4. The lowest BCUT2D eigenvalue weighted by Crippen LogP contribution is -2.20. The van der Waals surface area contributed by atoms with Gasteiger partial charge in [-0.25, -0.2) is 0 Å². The van der Waals surface area contributed by atoms with Gasteiger partial charge in [-0.1, -0.05) is 36.5 Å². The number of hydrogen-bond acceptors (Lipinski definition) is 3. The molecule has 1 aliphatic heterocycles. The molecule has 1 atom stereocenters. The molecule has 7 heteroatoms. The molecule has 1 unspecified atom stereocenters.